The zero-order chi connectivity index (χ0) is 13.6. The van der Waals surface area contributed by atoms with Gasteiger partial charge in [-0.25, -0.2) is 9.37 Å². The monoisotopic (exact) mass is 261 g/mol. The fraction of sp³-hybridized carbons (Fsp3) is 0.533. The molecule has 19 heavy (non-hydrogen) atoms. The standard InChI is InChI=1S/C15H20FN3/c1-9(2)19-14-8-10(16)6-7-13(14)18-15(19)11-4-3-5-12(11)17/h6-9,11-12H,3-5,17H2,1-2H3. The molecule has 1 aliphatic rings. The largest absolute Gasteiger partial charge is 0.327 e. The summed E-state index contributed by atoms with van der Waals surface area (Å²) >= 11 is 0. The van der Waals surface area contributed by atoms with E-state index in [0.717, 1.165) is 36.1 Å². The summed E-state index contributed by atoms with van der Waals surface area (Å²) in [5, 5.41) is 0. The summed E-state index contributed by atoms with van der Waals surface area (Å²) < 4.78 is 15.6. The molecule has 1 aliphatic carbocycles. The number of rotatable bonds is 2. The van der Waals surface area contributed by atoms with E-state index < -0.39 is 0 Å². The number of benzene rings is 1. The van der Waals surface area contributed by atoms with Crippen LogP contribution in [0.3, 0.4) is 0 Å². The number of fused-ring (bicyclic) bond motifs is 1. The van der Waals surface area contributed by atoms with Gasteiger partial charge in [-0.2, -0.15) is 0 Å². The number of halogens is 1. The molecular formula is C15H20FN3. The summed E-state index contributed by atoms with van der Waals surface area (Å²) in [6, 6.07) is 5.24. The highest BCUT2D eigenvalue weighted by molar-refractivity contribution is 5.76. The molecule has 1 aromatic carbocycles. The predicted molar refractivity (Wildman–Crippen MR) is 74.6 cm³/mol. The maximum absolute atomic E-state index is 13.5. The fourth-order valence-corrected chi connectivity index (χ4v) is 3.20. The topological polar surface area (TPSA) is 43.8 Å². The summed E-state index contributed by atoms with van der Waals surface area (Å²) in [6.07, 6.45) is 3.29. The van der Waals surface area contributed by atoms with E-state index in [0.29, 0.717) is 5.92 Å². The van der Waals surface area contributed by atoms with Gasteiger partial charge >= 0.3 is 0 Å². The first kappa shape index (κ1) is 12.6. The fourth-order valence-electron chi connectivity index (χ4n) is 3.20. The molecule has 1 heterocycles. The van der Waals surface area contributed by atoms with E-state index in [4.69, 9.17) is 10.7 Å². The molecule has 3 rings (SSSR count). The maximum Gasteiger partial charge on any atom is 0.125 e. The van der Waals surface area contributed by atoms with Gasteiger partial charge in [-0.05, 0) is 44.9 Å². The van der Waals surface area contributed by atoms with E-state index in [1.807, 2.05) is 0 Å². The zero-order valence-corrected chi connectivity index (χ0v) is 11.4. The molecular weight excluding hydrogens is 241 g/mol. The summed E-state index contributed by atoms with van der Waals surface area (Å²) in [7, 11) is 0. The molecule has 1 saturated carbocycles. The third-order valence-corrected chi connectivity index (χ3v) is 4.10. The molecule has 102 valence electrons. The Kier molecular flexibility index (Phi) is 3.05. The van der Waals surface area contributed by atoms with Crippen LogP contribution in [0.15, 0.2) is 18.2 Å². The molecule has 2 unspecified atom stereocenters. The Balaban J connectivity index is 2.20. The van der Waals surface area contributed by atoms with Crippen molar-refractivity contribution in [2.75, 3.05) is 0 Å². The average molecular weight is 261 g/mol. The van der Waals surface area contributed by atoms with Gasteiger partial charge in [-0.1, -0.05) is 6.42 Å². The summed E-state index contributed by atoms with van der Waals surface area (Å²) in [6.45, 7) is 4.21. The number of aromatic nitrogens is 2. The Morgan fingerprint density at radius 2 is 2.16 bits per heavy atom. The van der Waals surface area contributed by atoms with Crippen molar-refractivity contribution < 1.29 is 4.39 Å². The van der Waals surface area contributed by atoms with Crippen LogP contribution >= 0.6 is 0 Å². The lowest BCUT2D eigenvalue weighted by atomic mass is 10.0. The van der Waals surface area contributed by atoms with Gasteiger partial charge < -0.3 is 10.3 Å². The highest BCUT2D eigenvalue weighted by Gasteiger charge is 2.30. The number of nitrogens with zero attached hydrogens (tertiary/aromatic N) is 2. The van der Waals surface area contributed by atoms with Gasteiger partial charge in [0.25, 0.3) is 0 Å². The molecule has 1 fully saturated rings. The third kappa shape index (κ3) is 2.04. The summed E-state index contributed by atoms with van der Waals surface area (Å²) in [5.41, 5.74) is 7.95. The lowest BCUT2D eigenvalue weighted by Crippen LogP contribution is -2.25. The van der Waals surface area contributed by atoms with Crippen LogP contribution in [0.5, 0.6) is 0 Å². The Labute approximate surface area is 112 Å². The minimum atomic E-state index is -0.212. The maximum atomic E-state index is 13.5. The Bertz CT molecular complexity index is 603. The third-order valence-electron chi connectivity index (χ3n) is 4.10. The second-order valence-corrected chi connectivity index (χ2v) is 5.77. The van der Waals surface area contributed by atoms with E-state index in [1.165, 1.54) is 6.07 Å². The highest BCUT2D eigenvalue weighted by atomic mass is 19.1. The van der Waals surface area contributed by atoms with Crippen LogP contribution in [0.4, 0.5) is 4.39 Å². The highest BCUT2D eigenvalue weighted by Crippen LogP contribution is 2.36. The Hall–Kier alpha value is -1.42. The molecule has 0 radical (unpaired) electrons. The van der Waals surface area contributed by atoms with Crippen LogP contribution in [0.2, 0.25) is 0 Å². The SMILES string of the molecule is CC(C)n1c(C2CCCC2N)nc2ccc(F)cc21. The lowest BCUT2D eigenvalue weighted by molar-refractivity contribution is 0.510. The van der Waals surface area contributed by atoms with E-state index in [2.05, 4.69) is 18.4 Å². The first-order chi connectivity index (χ1) is 9.08. The van der Waals surface area contributed by atoms with Crippen molar-refractivity contribution in [2.45, 2.75) is 51.1 Å². The number of nitrogens with two attached hydrogens (primary N) is 1. The van der Waals surface area contributed by atoms with Gasteiger partial charge in [0, 0.05) is 18.0 Å². The molecule has 2 aromatic rings. The van der Waals surface area contributed by atoms with E-state index in [1.54, 1.807) is 12.1 Å². The first-order valence-electron chi connectivity index (χ1n) is 7.01. The number of hydrogen-bond donors (Lipinski definition) is 1. The van der Waals surface area contributed by atoms with Crippen LogP contribution in [0.1, 0.15) is 50.9 Å². The predicted octanol–water partition coefficient (Wildman–Crippen LogP) is 3.35. The summed E-state index contributed by atoms with van der Waals surface area (Å²) in [4.78, 5) is 4.72. The average Bonchev–Trinajstić information content (AvgIpc) is 2.91. The molecule has 4 heteroatoms. The number of hydrogen-bond acceptors (Lipinski definition) is 2. The number of imidazole rings is 1. The lowest BCUT2D eigenvalue weighted by Gasteiger charge is -2.19. The van der Waals surface area contributed by atoms with Crippen molar-refractivity contribution >= 4 is 11.0 Å². The van der Waals surface area contributed by atoms with Gasteiger partial charge in [-0.3, -0.25) is 0 Å². The molecule has 3 nitrogen and oxygen atoms in total. The molecule has 0 aliphatic heterocycles. The van der Waals surface area contributed by atoms with Crippen molar-refractivity contribution in [3.63, 3.8) is 0 Å². The Morgan fingerprint density at radius 1 is 1.37 bits per heavy atom. The quantitative estimate of drug-likeness (QED) is 0.901. The molecule has 2 atom stereocenters. The van der Waals surface area contributed by atoms with E-state index in [9.17, 15) is 4.39 Å². The van der Waals surface area contributed by atoms with E-state index >= 15 is 0 Å². The smallest absolute Gasteiger partial charge is 0.125 e. The molecule has 0 bridgehead atoms. The minimum Gasteiger partial charge on any atom is -0.327 e. The zero-order valence-electron chi connectivity index (χ0n) is 11.4. The molecule has 0 spiro atoms. The Morgan fingerprint density at radius 3 is 2.79 bits per heavy atom. The van der Waals surface area contributed by atoms with Gasteiger partial charge in [0.15, 0.2) is 0 Å². The van der Waals surface area contributed by atoms with Crippen LogP contribution in [0, 0.1) is 5.82 Å². The van der Waals surface area contributed by atoms with Gasteiger partial charge in [0.1, 0.15) is 11.6 Å². The van der Waals surface area contributed by atoms with Crippen LogP contribution in [0.25, 0.3) is 11.0 Å². The molecule has 0 saturated heterocycles. The molecule has 0 amide bonds. The van der Waals surface area contributed by atoms with Crippen molar-refractivity contribution in [1.82, 2.24) is 9.55 Å². The second kappa shape index (κ2) is 4.60. The van der Waals surface area contributed by atoms with Gasteiger partial charge in [-0.15, -0.1) is 0 Å². The van der Waals surface area contributed by atoms with Crippen LogP contribution < -0.4 is 5.73 Å². The van der Waals surface area contributed by atoms with Crippen LogP contribution in [-0.2, 0) is 0 Å². The van der Waals surface area contributed by atoms with Crippen molar-refractivity contribution in [2.24, 2.45) is 5.73 Å². The van der Waals surface area contributed by atoms with E-state index in [-0.39, 0.29) is 17.9 Å². The minimum absolute atomic E-state index is 0.180. The first-order valence-corrected chi connectivity index (χ1v) is 7.01. The van der Waals surface area contributed by atoms with Crippen molar-refractivity contribution in [3.05, 3.63) is 29.8 Å². The van der Waals surface area contributed by atoms with Gasteiger partial charge in [0.2, 0.25) is 0 Å². The van der Waals surface area contributed by atoms with Crippen molar-refractivity contribution in [1.29, 1.82) is 0 Å². The van der Waals surface area contributed by atoms with Crippen LogP contribution in [-0.4, -0.2) is 15.6 Å². The molecule has 2 N–H and O–H groups in total. The van der Waals surface area contributed by atoms with Crippen molar-refractivity contribution in [3.8, 4) is 0 Å². The molecule has 1 aromatic heterocycles. The van der Waals surface area contributed by atoms with Gasteiger partial charge in [0.05, 0.1) is 11.0 Å². The second-order valence-electron chi connectivity index (χ2n) is 5.77. The normalized spacial score (nSPS) is 23.6. The summed E-state index contributed by atoms with van der Waals surface area (Å²) in [5.74, 6) is 1.12.